The number of H-pyrrole nitrogens is 1. The average Bonchev–Trinajstić information content (AvgIpc) is 3.78. The van der Waals surface area contributed by atoms with Crippen LogP contribution in [-0.2, 0) is 62.4 Å². The molecule has 7 amide bonds. The van der Waals surface area contributed by atoms with Crippen LogP contribution in [0.5, 0.6) is 5.75 Å². The molecule has 0 saturated carbocycles. The van der Waals surface area contributed by atoms with Gasteiger partial charge in [0, 0.05) is 46.9 Å². The summed E-state index contributed by atoms with van der Waals surface area (Å²) in [6, 6.07) is 9.95. The monoisotopic (exact) mass is 1090 g/mol. The van der Waals surface area contributed by atoms with Crippen LogP contribution < -0.4 is 48.7 Å². The van der Waals surface area contributed by atoms with Crippen LogP contribution in [0.3, 0.4) is 0 Å². The molecule has 1 aliphatic rings. The van der Waals surface area contributed by atoms with Crippen molar-refractivity contribution in [1.29, 1.82) is 0 Å². The van der Waals surface area contributed by atoms with E-state index in [1.807, 2.05) is 18.2 Å². The molecule has 410 valence electrons. The Hall–Kier alpha value is -7.15. The second-order valence-electron chi connectivity index (χ2n) is 19.4. The third-order valence-corrected chi connectivity index (χ3v) is 15.9. The Bertz CT molecular complexity index is 2690. The molecule has 5 rings (SSSR count). The highest BCUT2D eigenvalue weighted by Crippen LogP contribution is 2.39. The number of para-hydroxylation sites is 1. The topological polar surface area (TPSA) is 366 Å². The molecule has 4 aromatic rings. The molecule has 1 saturated heterocycles. The molecule has 3 aromatic carbocycles. The maximum atomic E-state index is 14.8. The van der Waals surface area contributed by atoms with E-state index in [4.69, 9.17) is 11.5 Å². The average molecular weight is 1090 g/mol. The van der Waals surface area contributed by atoms with Gasteiger partial charge in [-0.1, -0.05) is 96.1 Å². The lowest BCUT2D eigenvalue weighted by Crippen LogP contribution is -2.63. The second-order valence-corrected chi connectivity index (χ2v) is 22.4. The maximum Gasteiger partial charge on any atom is 0.326 e. The van der Waals surface area contributed by atoms with Gasteiger partial charge in [0.1, 0.15) is 48.0 Å². The number of fused-ring (bicyclic) bond motifs is 1. The van der Waals surface area contributed by atoms with Crippen LogP contribution in [0.15, 0.2) is 85.1 Å². The Morgan fingerprint density at radius 3 is 1.88 bits per heavy atom. The van der Waals surface area contributed by atoms with Gasteiger partial charge >= 0.3 is 11.9 Å². The van der Waals surface area contributed by atoms with Crippen molar-refractivity contribution in [2.45, 2.75) is 126 Å². The number of aromatic amines is 1. The van der Waals surface area contributed by atoms with Gasteiger partial charge in [-0.2, -0.15) is 0 Å². The zero-order valence-corrected chi connectivity index (χ0v) is 44.3. The van der Waals surface area contributed by atoms with Gasteiger partial charge in [-0.25, -0.2) is 4.79 Å². The van der Waals surface area contributed by atoms with E-state index in [0.29, 0.717) is 29.5 Å². The minimum Gasteiger partial charge on any atom is -0.508 e. The Morgan fingerprint density at radius 2 is 1.28 bits per heavy atom. The van der Waals surface area contributed by atoms with E-state index in [1.165, 1.54) is 24.3 Å². The van der Waals surface area contributed by atoms with E-state index in [9.17, 15) is 58.5 Å². The first-order valence-corrected chi connectivity index (χ1v) is 27.1. The number of nitrogens with two attached hydrogens (primary N) is 2. The largest absolute Gasteiger partial charge is 0.508 e. The second kappa shape index (κ2) is 28.1. The van der Waals surface area contributed by atoms with Gasteiger partial charge in [0.05, 0.1) is 12.5 Å². The summed E-state index contributed by atoms with van der Waals surface area (Å²) >= 11 is 0. The lowest BCUT2D eigenvalue weighted by molar-refractivity contribution is -0.143. The molecule has 0 spiro atoms. The summed E-state index contributed by atoms with van der Waals surface area (Å²) in [4.78, 5) is 129. The first-order chi connectivity index (χ1) is 36.1. The molecular weight excluding hydrogens is 1020 g/mol. The van der Waals surface area contributed by atoms with Gasteiger partial charge in [0.2, 0.25) is 41.4 Å². The van der Waals surface area contributed by atoms with Crippen molar-refractivity contribution in [3.8, 4) is 5.75 Å². The molecule has 0 aliphatic carbocycles. The summed E-state index contributed by atoms with van der Waals surface area (Å²) in [5.74, 6) is -9.94. The Morgan fingerprint density at radius 1 is 0.724 bits per heavy atom. The number of hydrogen-bond acceptors (Lipinski definition) is 14. The smallest absolute Gasteiger partial charge is 0.326 e. The maximum absolute atomic E-state index is 14.8. The molecule has 1 aliphatic heterocycles. The van der Waals surface area contributed by atoms with Crippen molar-refractivity contribution in [2.24, 2.45) is 17.4 Å². The van der Waals surface area contributed by atoms with Gasteiger partial charge in [-0.15, -0.1) is 0 Å². The number of aliphatic carboxylic acids is 2. The number of amides is 7. The van der Waals surface area contributed by atoms with Gasteiger partial charge in [0.25, 0.3) is 0 Å². The van der Waals surface area contributed by atoms with Crippen LogP contribution in [0.1, 0.15) is 70.1 Å². The summed E-state index contributed by atoms with van der Waals surface area (Å²) in [5, 5.41) is 49.2. The normalized spacial score (nSPS) is 21.9. The molecule has 1 aromatic heterocycles. The summed E-state index contributed by atoms with van der Waals surface area (Å²) in [6.45, 7) is 6.52. The first-order valence-electron chi connectivity index (χ1n) is 24.8. The molecule has 24 heteroatoms. The standard InChI is InChI=1S/C52H68N10O12S2/c1-28(2)42(51(73)74)61-50(72)43-52(3,4)76-75-27-40(60-44(66)34(54)25-41(64)65)49(71)58-37(22-29-12-6-5-7-13-29)46(68)59-39(24-31-26-55-35-15-9-8-14-33(31)35)47(69)56-36(16-10-11-21-53)45(67)57-38(48(70)62-43)23-30-17-19-32(63)20-18-30/h5-9,12-15,17-20,26,28,34,36-40,42-43,55,63H,10-11,16,21-25,27,53-54H2,1-4H3,(H,56,69)(H,57,67)(H,58,71)(H,59,68)(H,60,66)(H,61,72)(H,62,70)(H,64,65)(H,73,74)/t34-,36-,37-,38-,39-,40-,42-,43-/m0/s1. The molecule has 8 atom stereocenters. The summed E-state index contributed by atoms with van der Waals surface area (Å²) in [6.07, 6.45) is 1.23. The van der Waals surface area contributed by atoms with E-state index < -0.39 is 119 Å². The van der Waals surface area contributed by atoms with Crippen molar-refractivity contribution < 1.29 is 58.5 Å². The lowest BCUT2D eigenvalue weighted by Gasteiger charge is -2.35. The number of nitrogens with one attached hydrogen (secondary N) is 8. The van der Waals surface area contributed by atoms with E-state index in [-0.39, 0.29) is 43.7 Å². The number of carboxylic acid groups (broad SMARTS) is 2. The zero-order valence-electron chi connectivity index (χ0n) is 42.6. The zero-order chi connectivity index (χ0) is 55.7. The Kier molecular flexibility index (Phi) is 22.1. The number of carbonyl (C=O) groups excluding carboxylic acids is 7. The van der Waals surface area contributed by atoms with Crippen LogP contribution >= 0.6 is 21.6 Å². The van der Waals surface area contributed by atoms with Crippen LogP contribution in [0.25, 0.3) is 10.9 Å². The number of aromatic hydroxyl groups is 1. The van der Waals surface area contributed by atoms with Crippen molar-refractivity contribution >= 4 is 85.8 Å². The van der Waals surface area contributed by atoms with Crippen LogP contribution in [0.2, 0.25) is 0 Å². The number of benzene rings is 3. The predicted molar refractivity (Wildman–Crippen MR) is 287 cm³/mol. The highest BCUT2D eigenvalue weighted by atomic mass is 33.1. The fourth-order valence-electron chi connectivity index (χ4n) is 8.31. The van der Waals surface area contributed by atoms with E-state index in [1.54, 1.807) is 70.3 Å². The van der Waals surface area contributed by atoms with Crippen molar-refractivity contribution in [1.82, 2.24) is 42.2 Å². The number of hydrogen-bond donors (Lipinski definition) is 13. The van der Waals surface area contributed by atoms with E-state index >= 15 is 0 Å². The number of rotatable bonds is 18. The van der Waals surface area contributed by atoms with Gasteiger partial charge < -0.3 is 69.0 Å². The summed E-state index contributed by atoms with van der Waals surface area (Å²) in [7, 11) is 1.92. The molecule has 76 heavy (non-hydrogen) atoms. The van der Waals surface area contributed by atoms with E-state index in [0.717, 1.165) is 32.5 Å². The molecule has 1 fully saturated rings. The van der Waals surface area contributed by atoms with Gasteiger partial charge in [-0.3, -0.25) is 38.4 Å². The molecule has 0 radical (unpaired) electrons. The minimum absolute atomic E-state index is 0.0176. The SMILES string of the molecule is CC(C)[C@H](NC(=O)[C@@H]1NC(=O)[C@H](Cc2ccc(O)cc2)NC(=O)[C@H](CCCCN)NC(=O)[C@H](Cc2c[nH]c3ccccc23)NC(=O)[C@H](Cc2ccccc2)NC(=O)[C@@H](NC(=O)[C@@H](N)CC(=O)O)CSSC1(C)C)C(=O)O. The fourth-order valence-corrected chi connectivity index (χ4v) is 11.1. The molecule has 0 bridgehead atoms. The van der Waals surface area contributed by atoms with Crippen molar-refractivity contribution in [3.63, 3.8) is 0 Å². The highest BCUT2D eigenvalue weighted by Gasteiger charge is 2.42. The molecule has 22 nitrogen and oxygen atoms in total. The van der Waals surface area contributed by atoms with Crippen molar-refractivity contribution in [2.75, 3.05) is 12.3 Å². The molecule has 15 N–H and O–H groups in total. The molecule has 2 heterocycles. The number of carboxylic acids is 2. The number of phenolic OH excluding ortho intramolecular Hbond substituents is 1. The summed E-state index contributed by atoms with van der Waals surface area (Å²) in [5.41, 5.74) is 14.2. The van der Waals surface area contributed by atoms with Gasteiger partial charge in [-0.05, 0) is 80.5 Å². The fraction of sp³-hybridized carbons (Fsp3) is 0.442. The molecular formula is C52H68N10O12S2. The van der Waals surface area contributed by atoms with Crippen LogP contribution in [0, 0.1) is 5.92 Å². The van der Waals surface area contributed by atoms with Gasteiger partial charge in [0.15, 0.2) is 0 Å². The first kappa shape index (κ1) is 59.7. The summed E-state index contributed by atoms with van der Waals surface area (Å²) < 4.78 is -1.41. The highest BCUT2D eigenvalue weighted by molar-refractivity contribution is 8.77. The Labute approximate surface area is 447 Å². The third-order valence-electron chi connectivity index (χ3n) is 12.6. The number of carbonyl (C=O) groups is 9. The van der Waals surface area contributed by atoms with Crippen LogP contribution in [0.4, 0.5) is 0 Å². The third kappa shape index (κ3) is 17.5. The minimum atomic E-state index is -1.60. The van der Waals surface area contributed by atoms with E-state index in [2.05, 4.69) is 42.2 Å². The number of aromatic nitrogens is 1. The lowest BCUT2D eigenvalue weighted by atomic mass is 9.98. The quantitative estimate of drug-likeness (QED) is 0.0491. The Balaban J connectivity index is 1.66. The van der Waals surface area contributed by atoms with Crippen molar-refractivity contribution in [3.05, 3.63) is 102 Å². The molecule has 0 unspecified atom stereocenters. The predicted octanol–water partition coefficient (Wildman–Crippen LogP) is 1.14. The number of phenols is 1. The number of unbranched alkanes of at least 4 members (excludes halogenated alkanes) is 1. The van der Waals surface area contributed by atoms with Crippen LogP contribution in [-0.4, -0.2) is 139 Å².